The highest BCUT2D eigenvalue weighted by molar-refractivity contribution is 5.83. The van der Waals surface area contributed by atoms with E-state index in [1.165, 1.54) is 0 Å². The van der Waals surface area contributed by atoms with Gasteiger partial charge < -0.3 is 9.40 Å². The second-order valence-corrected chi connectivity index (χ2v) is 10.5. The molecule has 1 aromatic carbocycles. The van der Waals surface area contributed by atoms with Crippen LogP contribution < -0.4 is 5.56 Å². The molecule has 8 nitrogen and oxygen atoms in total. The number of aromatic nitrogens is 5. The van der Waals surface area contributed by atoms with Crippen molar-refractivity contribution in [1.29, 1.82) is 0 Å². The zero-order chi connectivity index (χ0) is 24.6. The van der Waals surface area contributed by atoms with Crippen molar-refractivity contribution in [3.63, 3.8) is 0 Å². The first kappa shape index (κ1) is 23.9. The lowest BCUT2D eigenvalue weighted by Crippen LogP contribution is -2.37. The summed E-state index contributed by atoms with van der Waals surface area (Å²) < 4.78 is 7.57. The van der Waals surface area contributed by atoms with Gasteiger partial charge in [-0.25, -0.2) is 4.68 Å². The van der Waals surface area contributed by atoms with Crippen LogP contribution in [0.4, 0.5) is 0 Å². The van der Waals surface area contributed by atoms with Crippen molar-refractivity contribution in [2.75, 3.05) is 0 Å². The van der Waals surface area contributed by atoms with E-state index in [-0.39, 0.29) is 23.1 Å². The predicted octanol–water partition coefficient (Wildman–Crippen LogP) is 4.88. The number of hydrogen-bond donors (Lipinski definition) is 1. The van der Waals surface area contributed by atoms with Gasteiger partial charge in [-0.3, -0.25) is 9.69 Å². The van der Waals surface area contributed by atoms with Gasteiger partial charge in [0.2, 0.25) is 0 Å². The topological polar surface area (TPSA) is 92.8 Å². The lowest BCUT2D eigenvalue weighted by molar-refractivity contribution is 0.111. The molecule has 0 bridgehead atoms. The van der Waals surface area contributed by atoms with E-state index in [2.05, 4.69) is 73.0 Å². The van der Waals surface area contributed by atoms with E-state index in [1.807, 2.05) is 35.9 Å². The highest BCUT2D eigenvalue weighted by atomic mass is 16.3. The average Bonchev–Trinajstić information content (AvgIpc) is 3.40. The Morgan fingerprint density at radius 2 is 1.91 bits per heavy atom. The van der Waals surface area contributed by atoms with E-state index in [0.717, 1.165) is 33.6 Å². The van der Waals surface area contributed by atoms with E-state index >= 15 is 0 Å². The molecule has 0 unspecified atom stereocenters. The molecule has 1 N–H and O–H groups in total. The van der Waals surface area contributed by atoms with Gasteiger partial charge in [0.15, 0.2) is 5.82 Å². The fraction of sp³-hybridized carbons (Fsp3) is 0.462. The molecule has 3 heterocycles. The van der Waals surface area contributed by atoms with E-state index in [0.29, 0.717) is 18.7 Å². The number of hydrogen-bond acceptors (Lipinski definition) is 6. The number of aryl methyl sites for hydroxylation is 2. The molecule has 0 fully saturated rings. The Kier molecular flexibility index (Phi) is 6.45. The monoisotopic (exact) mass is 462 g/mol. The van der Waals surface area contributed by atoms with Gasteiger partial charge in [-0.05, 0) is 86.4 Å². The van der Waals surface area contributed by atoms with Crippen LogP contribution in [0, 0.1) is 19.8 Å². The van der Waals surface area contributed by atoms with Crippen molar-refractivity contribution >= 4 is 10.9 Å². The number of furan rings is 1. The summed E-state index contributed by atoms with van der Waals surface area (Å²) in [6.45, 7) is 15.6. The first-order chi connectivity index (χ1) is 16.0. The van der Waals surface area contributed by atoms with Gasteiger partial charge in [0.1, 0.15) is 5.76 Å². The molecule has 0 saturated carbocycles. The maximum absolute atomic E-state index is 13.1. The van der Waals surface area contributed by atoms with E-state index in [4.69, 9.17) is 4.42 Å². The molecular formula is C26H34N6O2. The van der Waals surface area contributed by atoms with Crippen LogP contribution in [0.2, 0.25) is 0 Å². The quantitative estimate of drug-likeness (QED) is 0.421. The molecule has 34 heavy (non-hydrogen) atoms. The van der Waals surface area contributed by atoms with Gasteiger partial charge in [-0.15, -0.1) is 5.10 Å². The SMILES string of the molecule is Cc1cc(C)c2cc(CN(Cc3ccco3)[C@H](c3nnnn3C(C)(C)C)C(C)C)c(=O)[nH]c2c1. The molecule has 4 aromatic rings. The first-order valence-corrected chi connectivity index (χ1v) is 11.7. The largest absolute Gasteiger partial charge is 0.468 e. The molecule has 0 aliphatic carbocycles. The standard InChI is InChI=1S/C26H34N6O2/c1-16(2)23(24-28-29-30-32(24)26(5,6)7)31(15-20-9-8-10-34-20)14-19-13-21-18(4)11-17(3)12-22(21)27-25(19)33/h8-13,16,23H,14-15H2,1-7H3,(H,27,33)/t23-/m0/s1. The zero-order valence-corrected chi connectivity index (χ0v) is 21.1. The minimum absolute atomic E-state index is 0.0835. The molecule has 0 amide bonds. The number of H-pyrrole nitrogens is 1. The molecule has 4 rings (SSSR count). The van der Waals surface area contributed by atoms with Crippen LogP contribution in [0.5, 0.6) is 0 Å². The summed E-state index contributed by atoms with van der Waals surface area (Å²) in [7, 11) is 0. The van der Waals surface area contributed by atoms with Crippen molar-refractivity contribution in [1.82, 2.24) is 30.1 Å². The lowest BCUT2D eigenvalue weighted by Gasteiger charge is -2.34. The molecule has 1 atom stereocenters. The fourth-order valence-electron chi connectivity index (χ4n) is 4.65. The number of nitrogens with one attached hydrogen (secondary N) is 1. The van der Waals surface area contributed by atoms with Crippen molar-refractivity contribution < 1.29 is 4.42 Å². The summed E-state index contributed by atoms with van der Waals surface area (Å²) in [5, 5.41) is 13.8. The average molecular weight is 463 g/mol. The van der Waals surface area contributed by atoms with Crippen molar-refractivity contribution in [2.24, 2.45) is 5.92 Å². The normalized spacial score (nSPS) is 13.3. The molecule has 0 saturated heterocycles. The summed E-state index contributed by atoms with van der Waals surface area (Å²) in [6.07, 6.45) is 1.67. The Morgan fingerprint density at radius 1 is 1.15 bits per heavy atom. The van der Waals surface area contributed by atoms with Crippen LogP contribution in [0.3, 0.4) is 0 Å². The Balaban J connectivity index is 1.81. The van der Waals surface area contributed by atoms with Crippen molar-refractivity contribution in [3.05, 3.63) is 75.2 Å². The van der Waals surface area contributed by atoms with Crippen LogP contribution in [-0.2, 0) is 18.6 Å². The molecule has 0 radical (unpaired) electrons. The number of pyridine rings is 1. The van der Waals surface area contributed by atoms with Gasteiger partial charge in [0.25, 0.3) is 5.56 Å². The Bertz CT molecular complexity index is 1330. The minimum Gasteiger partial charge on any atom is -0.468 e. The summed E-state index contributed by atoms with van der Waals surface area (Å²) in [4.78, 5) is 18.5. The van der Waals surface area contributed by atoms with Gasteiger partial charge >= 0.3 is 0 Å². The first-order valence-electron chi connectivity index (χ1n) is 11.7. The van der Waals surface area contributed by atoms with Gasteiger partial charge in [-0.2, -0.15) is 0 Å². The highest BCUT2D eigenvalue weighted by Gasteiger charge is 2.33. The number of fused-ring (bicyclic) bond motifs is 1. The molecule has 8 heteroatoms. The smallest absolute Gasteiger partial charge is 0.252 e. The van der Waals surface area contributed by atoms with E-state index in [9.17, 15) is 4.79 Å². The summed E-state index contributed by atoms with van der Waals surface area (Å²) >= 11 is 0. The fourth-order valence-corrected chi connectivity index (χ4v) is 4.65. The Hall–Kier alpha value is -3.26. The Labute approximate surface area is 200 Å². The van der Waals surface area contributed by atoms with Crippen LogP contribution >= 0.6 is 0 Å². The number of aromatic amines is 1. The third kappa shape index (κ3) is 4.82. The van der Waals surface area contributed by atoms with Crippen LogP contribution in [0.15, 0.2) is 45.8 Å². The maximum Gasteiger partial charge on any atom is 0.252 e. The van der Waals surface area contributed by atoms with Gasteiger partial charge in [0.05, 0.1) is 24.4 Å². The number of benzene rings is 1. The maximum atomic E-state index is 13.1. The van der Waals surface area contributed by atoms with Crippen molar-refractivity contribution in [2.45, 2.75) is 73.1 Å². The zero-order valence-electron chi connectivity index (χ0n) is 21.1. The summed E-state index contributed by atoms with van der Waals surface area (Å²) in [5.41, 5.74) is 3.47. The van der Waals surface area contributed by atoms with Gasteiger partial charge in [-0.1, -0.05) is 19.9 Å². The summed E-state index contributed by atoms with van der Waals surface area (Å²) in [5.74, 6) is 1.79. The van der Waals surface area contributed by atoms with Crippen LogP contribution in [0.25, 0.3) is 10.9 Å². The molecule has 180 valence electrons. The lowest BCUT2D eigenvalue weighted by atomic mass is 9.98. The number of nitrogens with zero attached hydrogens (tertiary/aromatic N) is 5. The summed E-state index contributed by atoms with van der Waals surface area (Å²) in [6, 6.07) is 9.87. The predicted molar refractivity (Wildman–Crippen MR) is 132 cm³/mol. The second kappa shape index (κ2) is 9.18. The van der Waals surface area contributed by atoms with E-state index in [1.54, 1.807) is 6.26 Å². The molecule has 0 aliphatic rings. The number of tetrazole rings is 1. The number of rotatable bonds is 7. The van der Waals surface area contributed by atoms with Gasteiger partial charge in [0, 0.05) is 23.0 Å². The Morgan fingerprint density at radius 3 is 2.56 bits per heavy atom. The third-order valence-electron chi connectivity index (χ3n) is 6.12. The molecular weight excluding hydrogens is 428 g/mol. The highest BCUT2D eigenvalue weighted by Crippen LogP contribution is 2.32. The van der Waals surface area contributed by atoms with E-state index < -0.39 is 0 Å². The van der Waals surface area contributed by atoms with Crippen molar-refractivity contribution in [3.8, 4) is 0 Å². The molecule has 0 aliphatic heterocycles. The minimum atomic E-state index is -0.280. The third-order valence-corrected chi connectivity index (χ3v) is 6.12. The van der Waals surface area contributed by atoms with Crippen LogP contribution in [0.1, 0.15) is 68.9 Å². The second-order valence-electron chi connectivity index (χ2n) is 10.5. The molecule has 0 spiro atoms. The molecule has 3 aromatic heterocycles. The van der Waals surface area contributed by atoms with Crippen LogP contribution in [-0.4, -0.2) is 30.1 Å².